The average molecular weight is 362 g/mol. The van der Waals surface area contributed by atoms with Crippen LogP contribution in [0.3, 0.4) is 0 Å². The highest BCUT2D eigenvalue weighted by molar-refractivity contribution is 6.41. The zero-order chi connectivity index (χ0) is 16.3. The van der Waals surface area contributed by atoms with Gasteiger partial charge in [-0.05, 0) is 36.4 Å². The highest BCUT2D eigenvalue weighted by Gasteiger charge is 2.28. The van der Waals surface area contributed by atoms with Crippen molar-refractivity contribution < 1.29 is 14.1 Å². The molecule has 0 saturated heterocycles. The Bertz CT molecular complexity index is 702. The van der Waals surface area contributed by atoms with Crippen molar-refractivity contribution in [2.45, 2.75) is 0 Å². The molecule has 0 aliphatic rings. The normalized spacial score (nSPS) is 10.2. The topological polar surface area (TPSA) is 49.4 Å². The maximum atomic E-state index is 12.6. The third-order valence-electron chi connectivity index (χ3n) is 2.75. The van der Waals surface area contributed by atoms with E-state index in [-0.39, 0.29) is 21.3 Å². The molecule has 0 atom stereocenters. The van der Waals surface area contributed by atoms with Crippen molar-refractivity contribution in [3.63, 3.8) is 0 Å². The molecule has 0 saturated carbocycles. The number of anilines is 1. The summed E-state index contributed by atoms with van der Waals surface area (Å²) in [5.74, 6) is -0.868. The van der Waals surface area contributed by atoms with Gasteiger partial charge in [0.25, 0.3) is 5.91 Å². The number of urea groups is 1. The van der Waals surface area contributed by atoms with Crippen molar-refractivity contribution in [2.75, 3.05) is 4.90 Å². The molecular formula is C14H8Cl3FN2O2. The summed E-state index contributed by atoms with van der Waals surface area (Å²) < 4.78 is 12.6. The molecule has 8 heteroatoms. The Kier molecular flexibility index (Phi) is 5.24. The van der Waals surface area contributed by atoms with E-state index in [1.807, 2.05) is 0 Å². The smallest absolute Gasteiger partial charge is 0.268 e. The molecule has 0 fully saturated rings. The number of hydrogen-bond donors (Lipinski definition) is 1. The Morgan fingerprint density at radius 2 is 1.50 bits per heavy atom. The molecular weight excluding hydrogens is 354 g/mol. The standard InChI is InChI=1S/C14H8Cl3FN2O2/c15-8-4-6-9(7-5-8)20(14(22)19-18)13(21)12-10(16)2-1-3-11(12)17/h1-7H,(H,19,22). The van der Waals surface area contributed by atoms with Gasteiger partial charge in [0.2, 0.25) is 0 Å². The predicted octanol–water partition coefficient (Wildman–Crippen LogP) is 4.89. The summed E-state index contributed by atoms with van der Waals surface area (Å²) >= 11 is 17.7. The quantitative estimate of drug-likeness (QED) is 0.774. The molecule has 1 N–H and O–H groups in total. The van der Waals surface area contributed by atoms with E-state index in [1.54, 1.807) is 6.07 Å². The van der Waals surface area contributed by atoms with Crippen LogP contribution in [0.5, 0.6) is 0 Å². The second-order valence-electron chi connectivity index (χ2n) is 4.11. The minimum Gasteiger partial charge on any atom is -0.268 e. The van der Waals surface area contributed by atoms with E-state index < -0.39 is 11.9 Å². The lowest BCUT2D eigenvalue weighted by Crippen LogP contribution is -2.41. The summed E-state index contributed by atoms with van der Waals surface area (Å²) in [6.07, 6.45) is 0. The molecule has 3 amide bonds. The van der Waals surface area contributed by atoms with Gasteiger partial charge in [0, 0.05) is 5.02 Å². The molecule has 0 spiro atoms. The number of nitrogens with zero attached hydrogens (tertiary/aromatic N) is 1. The predicted molar refractivity (Wildman–Crippen MR) is 84.4 cm³/mol. The minimum atomic E-state index is -1.27. The van der Waals surface area contributed by atoms with Gasteiger partial charge < -0.3 is 0 Å². The second-order valence-corrected chi connectivity index (χ2v) is 5.36. The lowest BCUT2D eigenvalue weighted by Gasteiger charge is -2.20. The van der Waals surface area contributed by atoms with Crippen LogP contribution >= 0.6 is 34.8 Å². The lowest BCUT2D eigenvalue weighted by molar-refractivity contribution is 0.0990. The first-order chi connectivity index (χ1) is 10.5. The van der Waals surface area contributed by atoms with Gasteiger partial charge in [0.1, 0.15) is 0 Å². The summed E-state index contributed by atoms with van der Waals surface area (Å²) in [7, 11) is 0. The van der Waals surface area contributed by atoms with Crippen molar-refractivity contribution in [2.24, 2.45) is 0 Å². The van der Waals surface area contributed by atoms with Gasteiger partial charge in [-0.2, -0.15) is 5.54 Å². The Labute approximate surface area is 140 Å². The number of rotatable bonds is 2. The number of halogens is 4. The van der Waals surface area contributed by atoms with Gasteiger partial charge in [0.05, 0.1) is 21.3 Å². The van der Waals surface area contributed by atoms with Gasteiger partial charge >= 0.3 is 6.03 Å². The molecule has 2 aromatic carbocycles. The molecule has 114 valence electrons. The van der Waals surface area contributed by atoms with Crippen LogP contribution in [-0.2, 0) is 0 Å². The first-order valence-corrected chi connectivity index (χ1v) is 7.03. The van der Waals surface area contributed by atoms with Crippen LogP contribution in [0.15, 0.2) is 42.5 Å². The molecule has 22 heavy (non-hydrogen) atoms. The summed E-state index contributed by atoms with van der Waals surface area (Å²) in [6, 6.07) is 8.84. The molecule has 0 aliphatic heterocycles. The van der Waals surface area contributed by atoms with E-state index in [9.17, 15) is 14.1 Å². The zero-order valence-electron chi connectivity index (χ0n) is 10.8. The van der Waals surface area contributed by atoms with Crippen LogP contribution in [0.1, 0.15) is 10.4 Å². The molecule has 2 aromatic rings. The Morgan fingerprint density at radius 3 is 2.00 bits per heavy atom. The monoisotopic (exact) mass is 360 g/mol. The van der Waals surface area contributed by atoms with E-state index in [0.29, 0.717) is 9.92 Å². The van der Waals surface area contributed by atoms with E-state index in [0.717, 1.165) is 5.54 Å². The molecule has 0 radical (unpaired) electrons. The lowest BCUT2D eigenvalue weighted by atomic mass is 10.1. The Balaban J connectivity index is 2.52. The van der Waals surface area contributed by atoms with Crippen LogP contribution in [0.25, 0.3) is 0 Å². The maximum Gasteiger partial charge on any atom is 0.357 e. The van der Waals surface area contributed by atoms with Crippen LogP contribution in [0.4, 0.5) is 15.0 Å². The molecule has 0 aliphatic carbocycles. The molecule has 0 bridgehead atoms. The largest absolute Gasteiger partial charge is 0.357 e. The van der Waals surface area contributed by atoms with Gasteiger partial charge in [0.15, 0.2) is 0 Å². The van der Waals surface area contributed by atoms with E-state index in [1.165, 1.54) is 36.4 Å². The second kappa shape index (κ2) is 6.96. The highest BCUT2D eigenvalue weighted by Crippen LogP contribution is 2.28. The van der Waals surface area contributed by atoms with Crippen LogP contribution in [0.2, 0.25) is 15.1 Å². The fourth-order valence-corrected chi connectivity index (χ4v) is 2.46. The van der Waals surface area contributed by atoms with Crippen molar-refractivity contribution in [1.82, 2.24) is 5.54 Å². The third kappa shape index (κ3) is 3.32. The van der Waals surface area contributed by atoms with Crippen LogP contribution < -0.4 is 10.4 Å². The molecule has 0 aromatic heterocycles. The van der Waals surface area contributed by atoms with Crippen molar-refractivity contribution in [1.29, 1.82) is 0 Å². The number of imide groups is 1. The summed E-state index contributed by atoms with van der Waals surface area (Å²) in [6.45, 7) is 0. The number of hydrogen-bond acceptors (Lipinski definition) is 2. The highest BCUT2D eigenvalue weighted by atomic mass is 35.5. The minimum absolute atomic E-state index is 0.0446. The number of amides is 3. The Morgan fingerprint density at radius 1 is 0.955 bits per heavy atom. The van der Waals surface area contributed by atoms with Gasteiger partial charge in [-0.3, -0.25) is 4.79 Å². The third-order valence-corrected chi connectivity index (χ3v) is 3.63. The number of carbonyl (C=O) groups is 2. The zero-order valence-corrected chi connectivity index (χ0v) is 13.1. The summed E-state index contributed by atoms with van der Waals surface area (Å²) in [5, 5.41) is 0.485. The van der Waals surface area contributed by atoms with E-state index in [2.05, 4.69) is 0 Å². The molecule has 0 unspecified atom stereocenters. The fraction of sp³-hybridized carbons (Fsp3) is 0. The first kappa shape index (κ1) is 16.5. The Hall–Kier alpha value is -1.82. The SMILES string of the molecule is O=C(NF)N(C(=O)c1c(Cl)cccc1Cl)c1ccc(Cl)cc1. The molecule has 2 rings (SSSR count). The summed E-state index contributed by atoms with van der Waals surface area (Å²) in [5.41, 5.74) is 0.919. The average Bonchev–Trinajstić information content (AvgIpc) is 2.49. The van der Waals surface area contributed by atoms with Crippen molar-refractivity contribution >= 4 is 52.4 Å². The van der Waals surface area contributed by atoms with Crippen molar-refractivity contribution in [3.05, 3.63) is 63.1 Å². The maximum absolute atomic E-state index is 12.6. The van der Waals surface area contributed by atoms with Crippen molar-refractivity contribution in [3.8, 4) is 0 Å². The van der Waals surface area contributed by atoms with Crippen LogP contribution in [-0.4, -0.2) is 11.9 Å². The van der Waals surface area contributed by atoms with Gasteiger partial charge in [-0.15, -0.1) is 0 Å². The number of nitrogens with one attached hydrogen (secondary N) is 1. The van der Waals surface area contributed by atoms with Gasteiger partial charge in [-0.25, -0.2) is 9.69 Å². The fourth-order valence-electron chi connectivity index (χ4n) is 1.77. The molecule has 4 nitrogen and oxygen atoms in total. The molecule has 0 heterocycles. The summed E-state index contributed by atoms with van der Waals surface area (Å²) in [4.78, 5) is 24.9. The van der Waals surface area contributed by atoms with E-state index in [4.69, 9.17) is 34.8 Å². The number of carbonyl (C=O) groups excluding carboxylic acids is 2. The number of benzene rings is 2. The first-order valence-electron chi connectivity index (χ1n) is 5.90. The van der Waals surface area contributed by atoms with Gasteiger partial charge in [-0.1, -0.05) is 45.4 Å². The van der Waals surface area contributed by atoms with E-state index >= 15 is 0 Å². The van der Waals surface area contributed by atoms with Crippen LogP contribution in [0, 0.1) is 0 Å².